The van der Waals surface area contributed by atoms with Gasteiger partial charge in [-0.2, -0.15) is 0 Å². The van der Waals surface area contributed by atoms with E-state index in [4.69, 9.17) is 32.7 Å². The van der Waals surface area contributed by atoms with Crippen molar-refractivity contribution in [1.29, 1.82) is 0 Å². The van der Waals surface area contributed by atoms with Gasteiger partial charge in [-0.3, -0.25) is 0 Å². The lowest BCUT2D eigenvalue weighted by Gasteiger charge is -2.22. The van der Waals surface area contributed by atoms with E-state index in [0.29, 0.717) is 0 Å². The zero-order chi connectivity index (χ0) is 10.3. The molecule has 0 saturated carbocycles. The molecule has 1 saturated heterocycles. The van der Waals surface area contributed by atoms with E-state index in [0.717, 1.165) is 0 Å². The van der Waals surface area contributed by atoms with Gasteiger partial charge in [-0.1, -0.05) is 23.2 Å². The second kappa shape index (κ2) is 3.43. The second-order valence-corrected chi connectivity index (χ2v) is 5.11. The predicted molar refractivity (Wildman–Crippen MR) is 53.9 cm³/mol. The maximum absolute atomic E-state index is 5.67. The highest BCUT2D eigenvalue weighted by atomic mass is 35.5. The standard InChI is InChI=1S/C9H14Cl2O2/c1-8(2)6(5-7(10)11)12-9(3,4)13-8/h5-6H,1-4H3/t6-/m0/s1. The van der Waals surface area contributed by atoms with Crippen molar-refractivity contribution in [3.8, 4) is 0 Å². The Morgan fingerprint density at radius 2 is 1.77 bits per heavy atom. The lowest BCUT2D eigenvalue weighted by molar-refractivity contribution is -0.155. The summed E-state index contributed by atoms with van der Waals surface area (Å²) in [5.74, 6) is -0.576. The molecule has 13 heavy (non-hydrogen) atoms. The van der Waals surface area contributed by atoms with Crippen molar-refractivity contribution in [2.75, 3.05) is 0 Å². The van der Waals surface area contributed by atoms with Crippen molar-refractivity contribution in [3.63, 3.8) is 0 Å². The minimum atomic E-state index is -0.576. The van der Waals surface area contributed by atoms with Gasteiger partial charge in [-0.15, -0.1) is 0 Å². The smallest absolute Gasteiger partial charge is 0.164 e. The van der Waals surface area contributed by atoms with Gasteiger partial charge in [-0.05, 0) is 33.8 Å². The molecule has 0 N–H and O–H groups in total. The van der Waals surface area contributed by atoms with E-state index < -0.39 is 11.4 Å². The third kappa shape index (κ3) is 2.84. The fourth-order valence-corrected chi connectivity index (χ4v) is 1.74. The third-order valence-electron chi connectivity index (χ3n) is 1.88. The first-order chi connectivity index (χ1) is 5.73. The molecule has 76 valence electrons. The van der Waals surface area contributed by atoms with Gasteiger partial charge in [0.05, 0.1) is 5.60 Å². The Labute approximate surface area is 88.8 Å². The van der Waals surface area contributed by atoms with Crippen LogP contribution in [0.1, 0.15) is 27.7 Å². The van der Waals surface area contributed by atoms with Crippen LogP contribution in [-0.4, -0.2) is 17.5 Å². The van der Waals surface area contributed by atoms with Crippen LogP contribution in [0.2, 0.25) is 0 Å². The van der Waals surface area contributed by atoms with Gasteiger partial charge in [0, 0.05) is 0 Å². The molecule has 1 heterocycles. The van der Waals surface area contributed by atoms with E-state index in [1.54, 1.807) is 6.08 Å². The van der Waals surface area contributed by atoms with Crippen LogP contribution in [0.3, 0.4) is 0 Å². The largest absolute Gasteiger partial charge is 0.342 e. The summed E-state index contributed by atoms with van der Waals surface area (Å²) in [6.07, 6.45) is 1.45. The molecule has 2 nitrogen and oxygen atoms in total. The average Bonchev–Trinajstić information content (AvgIpc) is 1.98. The van der Waals surface area contributed by atoms with Crippen LogP contribution < -0.4 is 0 Å². The van der Waals surface area contributed by atoms with Gasteiger partial charge in [0.25, 0.3) is 0 Å². The molecule has 1 rings (SSSR count). The third-order valence-corrected chi connectivity index (χ3v) is 2.13. The van der Waals surface area contributed by atoms with Gasteiger partial charge >= 0.3 is 0 Å². The fraction of sp³-hybridized carbons (Fsp3) is 0.778. The van der Waals surface area contributed by atoms with Crippen molar-refractivity contribution in [3.05, 3.63) is 10.6 Å². The molecule has 4 heteroatoms. The highest BCUT2D eigenvalue weighted by molar-refractivity contribution is 6.55. The molecule has 0 spiro atoms. The Bertz CT molecular complexity index is 230. The van der Waals surface area contributed by atoms with Gasteiger partial charge in [0.15, 0.2) is 5.79 Å². The molecular weight excluding hydrogens is 211 g/mol. The van der Waals surface area contributed by atoms with E-state index in [1.807, 2.05) is 27.7 Å². The minimum absolute atomic E-state index is 0.201. The zero-order valence-electron chi connectivity index (χ0n) is 8.23. The lowest BCUT2D eigenvalue weighted by atomic mass is 10.0. The molecule has 0 amide bonds. The van der Waals surface area contributed by atoms with Crippen LogP contribution in [-0.2, 0) is 9.47 Å². The molecule has 0 radical (unpaired) electrons. The summed E-state index contributed by atoms with van der Waals surface area (Å²) >= 11 is 11.1. The number of halogens is 2. The van der Waals surface area contributed by atoms with Gasteiger partial charge in [0.2, 0.25) is 0 Å². The van der Waals surface area contributed by atoms with Crippen LogP contribution in [0.4, 0.5) is 0 Å². The minimum Gasteiger partial charge on any atom is -0.342 e. The maximum atomic E-state index is 5.67. The topological polar surface area (TPSA) is 18.5 Å². The number of hydrogen-bond acceptors (Lipinski definition) is 2. The molecule has 0 aromatic rings. The molecule has 0 aliphatic carbocycles. The van der Waals surface area contributed by atoms with Gasteiger partial charge < -0.3 is 9.47 Å². The highest BCUT2D eigenvalue weighted by Gasteiger charge is 2.45. The molecule has 0 aromatic heterocycles. The van der Waals surface area contributed by atoms with Crippen molar-refractivity contribution in [1.82, 2.24) is 0 Å². The normalized spacial score (nSPS) is 30.2. The summed E-state index contributed by atoms with van der Waals surface area (Å²) in [6.45, 7) is 7.62. The summed E-state index contributed by atoms with van der Waals surface area (Å²) in [7, 11) is 0. The molecular formula is C9H14Cl2O2. The summed E-state index contributed by atoms with van der Waals surface area (Å²) in [5.41, 5.74) is -0.390. The quantitative estimate of drug-likeness (QED) is 0.682. The van der Waals surface area contributed by atoms with Crippen LogP contribution >= 0.6 is 23.2 Å². The van der Waals surface area contributed by atoms with Gasteiger partial charge in [0.1, 0.15) is 10.6 Å². The monoisotopic (exact) mass is 224 g/mol. The summed E-state index contributed by atoms with van der Waals surface area (Å²) < 4.78 is 11.5. The average molecular weight is 225 g/mol. The molecule has 0 unspecified atom stereocenters. The van der Waals surface area contributed by atoms with E-state index >= 15 is 0 Å². The SMILES string of the molecule is CC1(C)O[C@@H](C=C(Cl)Cl)C(C)(C)O1. The van der Waals surface area contributed by atoms with Crippen LogP contribution in [0, 0.1) is 0 Å². The van der Waals surface area contributed by atoms with E-state index in [1.165, 1.54) is 0 Å². The molecule has 0 aromatic carbocycles. The van der Waals surface area contributed by atoms with Crippen molar-refractivity contribution in [2.45, 2.75) is 45.2 Å². The first kappa shape index (κ1) is 11.3. The Morgan fingerprint density at radius 3 is 2.08 bits per heavy atom. The predicted octanol–water partition coefficient (Wildman–Crippen LogP) is 3.24. The Balaban J connectivity index is 2.83. The summed E-state index contributed by atoms with van der Waals surface area (Å²) in [4.78, 5) is 0. The summed E-state index contributed by atoms with van der Waals surface area (Å²) in [6, 6.07) is 0. The Hall–Kier alpha value is 0.240. The molecule has 1 aliphatic rings. The van der Waals surface area contributed by atoms with Crippen LogP contribution in [0.5, 0.6) is 0 Å². The van der Waals surface area contributed by atoms with E-state index in [2.05, 4.69) is 0 Å². The maximum Gasteiger partial charge on any atom is 0.164 e. The molecule has 1 atom stereocenters. The number of rotatable bonds is 1. The van der Waals surface area contributed by atoms with Crippen LogP contribution in [0.15, 0.2) is 10.6 Å². The first-order valence-corrected chi connectivity index (χ1v) is 4.89. The van der Waals surface area contributed by atoms with Crippen molar-refractivity contribution in [2.24, 2.45) is 0 Å². The fourth-order valence-electron chi connectivity index (χ4n) is 1.51. The Morgan fingerprint density at radius 1 is 1.23 bits per heavy atom. The lowest BCUT2D eigenvalue weighted by Crippen LogP contribution is -2.31. The van der Waals surface area contributed by atoms with E-state index in [9.17, 15) is 0 Å². The molecule has 0 bridgehead atoms. The van der Waals surface area contributed by atoms with Crippen LogP contribution in [0.25, 0.3) is 0 Å². The van der Waals surface area contributed by atoms with Crippen molar-refractivity contribution >= 4 is 23.2 Å². The number of ether oxygens (including phenoxy) is 2. The second-order valence-electron chi connectivity index (χ2n) is 4.10. The molecule has 1 fully saturated rings. The van der Waals surface area contributed by atoms with E-state index in [-0.39, 0.29) is 10.6 Å². The van der Waals surface area contributed by atoms with Crippen molar-refractivity contribution < 1.29 is 9.47 Å². The first-order valence-electron chi connectivity index (χ1n) is 4.14. The Kier molecular flexibility index (Phi) is 2.98. The molecule has 1 aliphatic heterocycles. The summed E-state index contributed by atoms with van der Waals surface area (Å²) in [5, 5.41) is 0. The number of hydrogen-bond donors (Lipinski definition) is 0. The van der Waals surface area contributed by atoms with Gasteiger partial charge in [-0.25, -0.2) is 0 Å². The zero-order valence-corrected chi connectivity index (χ0v) is 9.74. The highest BCUT2D eigenvalue weighted by Crippen LogP contribution is 2.37.